The number of methoxy groups -OCH3 is 1. The summed E-state index contributed by atoms with van der Waals surface area (Å²) in [5, 5.41) is 3.94. The normalized spacial score (nSPS) is 11.4. The fourth-order valence-electron chi connectivity index (χ4n) is 5.33. The van der Waals surface area contributed by atoms with Crippen molar-refractivity contribution >= 4 is 17.1 Å². The van der Waals surface area contributed by atoms with Crippen LogP contribution in [-0.4, -0.2) is 17.9 Å². The van der Waals surface area contributed by atoms with E-state index in [1.165, 1.54) is 30.4 Å². The van der Waals surface area contributed by atoms with Crippen LogP contribution in [-0.2, 0) is 6.18 Å². The van der Waals surface area contributed by atoms with E-state index < -0.39 is 11.7 Å². The van der Waals surface area contributed by atoms with Gasteiger partial charge in [-0.05, 0) is 76.8 Å². The molecule has 0 N–H and O–H groups in total. The molecule has 0 radical (unpaired) electrons. The molecule has 0 bridgehead atoms. The standard InChI is InChI=1S/C37H26F3NO2S/c1-23(42)24-11-13-25(14-12-24)33-32(29-19-20-44-22-29)34(28-9-6-10-30(21-28)37(38,39)40)36(27-15-17-31(43-2)18-16-27)41-35(33)26-7-4-3-5-8-26/h3-22H,1-2H3. The van der Waals surface area contributed by atoms with Gasteiger partial charge in [-0.2, -0.15) is 24.5 Å². The zero-order chi connectivity index (χ0) is 30.8. The predicted molar refractivity (Wildman–Crippen MR) is 171 cm³/mol. The number of thiophene rings is 1. The number of pyridine rings is 1. The number of alkyl halides is 3. The predicted octanol–water partition coefficient (Wildman–Crippen LogP) is 10.7. The summed E-state index contributed by atoms with van der Waals surface area (Å²) >= 11 is 1.50. The number of carbonyl (C=O) groups is 1. The average molecular weight is 606 g/mol. The van der Waals surface area contributed by atoms with Crippen LogP contribution in [0.2, 0.25) is 0 Å². The maximum atomic E-state index is 14.0. The molecule has 0 aliphatic carbocycles. The molecule has 6 aromatic rings. The summed E-state index contributed by atoms with van der Waals surface area (Å²) in [5.74, 6) is 0.591. The third-order valence-corrected chi connectivity index (χ3v) is 8.16. The quantitative estimate of drug-likeness (QED) is 0.170. The second-order valence-corrected chi connectivity index (χ2v) is 11.0. The van der Waals surface area contributed by atoms with Crippen LogP contribution in [0.1, 0.15) is 22.8 Å². The molecule has 2 heterocycles. The van der Waals surface area contributed by atoms with E-state index in [0.29, 0.717) is 33.8 Å². The number of Topliss-reactive ketones (excluding diaryl/α,β-unsaturated/α-hetero) is 1. The highest BCUT2D eigenvalue weighted by Gasteiger charge is 2.32. The van der Waals surface area contributed by atoms with Crippen molar-refractivity contribution < 1.29 is 22.7 Å². The highest BCUT2D eigenvalue weighted by Crippen LogP contribution is 2.49. The summed E-state index contributed by atoms with van der Waals surface area (Å²) in [7, 11) is 1.58. The minimum atomic E-state index is -4.53. The molecule has 4 aromatic carbocycles. The number of carbonyl (C=O) groups excluding carboxylic acids is 1. The van der Waals surface area contributed by atoms with E-state index in [2.05, 4.69) is 0 Å². The number of hydrogen-bond acceptors (Lipinski definition) is 4. The minimum Gasteiger partial charge on any atom is -0.497 e. The van der Waals surface area contributed by atoms with Gasteiger partial charge in [0.25, 0.3) is 0 Å². The van der Waals surface area contributed by atoms with Crippen molar-refractivity contribution in [2.75, 3.05) is 7.11 Å². The molecule has 3 nitrogen and oxygen atoms in total. The molecule has 2 aromatic heterocycles. The van der Waals surface area contributed by atoms with Crippen molar-refractivity contribution in [2.24, 2.45) is 0 Å². The molecule has 6 rings (SSSR count). The highest BCUT2D eigenvalue weighted by molar-refractivity contribution is 7.08. The van der Waals surface area contributed by atoms with Gasteiger partial charge in [-0.25, -0.2) is 4.98 Å². The first-order valence-electron chi connectivity index (χ1n) is 13.8. The Morgan fingerprint density at radius 3 is 1.89 bits per heavy atom. The van der Waals surface area contributed by atoms with Crippen LogP contribution in [0.3, 0.4) is 0 Å². The number of rotatable bonds is 7. The third kappa shape index (κ3) is 5.66. The molecule has 0 unspecified atom stereocenters. The molecule has 0 amide bonds. The Hall–Kier alpha value is -5.01. The Kier molecular flexibility index (Phi) is 7.89. The van der Waals surface area contributed by atoms with E-state index >= 15 is 0 Å². The molecule has 218 valence electrons. The molecule has 7 heteroatoms. The lowest BCUT2D eigenvalue weighted by molar-refractivity contribution is -0.137. The van der Waals surface area contributed by atoms with Crippen LogP contribution < -0.4 is 4.74 Å². The largest absolute Gasteiger partial charge is 0.497 e. The summed E-state index contributed by atoms with van der Waals surface area (Å²) in [5.41, 5.74) is 6.71. The van der Waals surface area contributed by atoms with Gasteiger partial charge in [-0.3, -0.25) is 4.79 Å². The second-order valence-electron chi connectivity index (χ2n) is 10.3. The molecule has 0 saturated heterocycles. The first kappa shape index (κ1) is 29.1. The first-order valence-corrected chi connectivity index (χ1v) is 14.8. The minimum absolute atomic E-state index is 0.0597. The van der Waals surface area contributed by atoms with Crippen molar-refractivity contribution in [2.45, 2.75) is 13.1 Å². The molecule has 0 aliphatic heterocycles. The van der Waals surface area contributed by atoms with Gasteiger partial charge >= 0.3 is 6.18 Å². The topological polar surface area (TPSA) is 39.2 Å². The third-order valence-electron chi connectivity index (χ3n) is 7.48. The lowest BCUT2D eigenvalue weighted by atomic mass is 9.83. The Bertz CT molecular complexity index is 1930. The number of hydrogen-bond donors (Lipinski definition) is 0. The molecular formula is C37H26F3NO2S. The second kappa shape index (κ2) is 11.9. The fraction of sp³-hybridized carbons (Fsp3) is 0.0811. The van der Waals surface area contributed by atoms with Gasteiger partial charge in [-0.1, -0.05) is 66.7 Å². The molecule has 0 fully saturated rings. The van der Waals surface area contributed by atoms with Gasteiger partial charge < -0.3 is 4.74 Å². The number of ether oxygens (including phenoxy) is 1. The molecular weight excluding hydrogens is 579 g/mol. The van der Waals surface area contributed by atoms with Crippen molar-refractivity contribution in [3.63, 3.8) is 0 Å². The Morgan fingerprint density at radius 1 is 0.682 bits per heavy atom. The van der Waals surface area contributed by atoms with Crippen molar-refractivity contribution in [1.29, 1.82) is 0 Å². The monoisotopic (exact) mass is 605 g/mol. The van der Waals surface area contributed by atoms with Crippen LogP contribution in [0, 0.1) is 0 Å². The van der Waals surface area contributed by atoms with E-state index in [1.807, 2.05) is 83.6 Å². The Morgan fingerprint density at radius 2 is 1.30 bits per heavy atom. The number of ketones is 1. The first-order chi connectivity index (χ1) is 21.2. The van der Waals surface area contributed by atoms with Gasteiger partial charge in [-0.15, -0.1) is 0 Å². The highest BCUT2D eigenvalue weighted by atomic mass is 32.1. The number of aromatic nitrogens is 1. The van der Waals surface area contributed by atoms with E-state index in [0.717, 1.165) is 39.4 Å². The summed E-state index contributed by atoms with van der Waals surface area (Å²) in [6.07, 6.45) is -4.53. The number of halogens is 3. The molecule has 0 saturated carbocycles. The van der Waals surface area contributed by atoms with Crippen LogP contribution in [0.15, 0.2) is 120 Å². The van der Waals surface area contributed by atoms with Gasteiger partial charge in [0.05, 0.1) is 24.1 Å². The van der Waals surface area contributed by atoms with Crippen LogP contribution >= 0.6 is 11.3 Å². The van der Waals surface area contributed by atoms with E-state index in [4.69, 9.17) is 9.72 Å². The number of benzene rings is 4. The van der Waals surface area contributed by atoms with Crippen LogP contribution in [0.5, 0.6) is 5.75 Å². The molecule has 0 aliphatic rings. The summed E-state index contributed by atoms with van der Waals surface area (Å²) < 4.78 is 47.5. The smallest absolute Gasteiger partial charge is 0.416 e. The number of nitrogens with zero attached hydrogens (tertiary/aromatic N) is 1. The maximum absolute atomic E-state index is 14.0. The fourth-order valence-corrected chi connectivity index (χ4v) is 5.98. The molecule has 0 atom stereocenters. The van der Waals surface area contributed by atoms with Crippen molar-refractivity contribution in [3.05, 3.63) is 131 Å². The van der Waals surface area contributed by atoms with Crippen molar-refractivity contribution in [3.8, 4) is 61.6 Å². The van der Waals surface area contributed by atoms with E-state index in [1.54, 1.807) is 25.3 Å². The maximum Gasteiger partial charge on any atom is 0.416 e. The van der Waals surface area contributed by atoms with Gasteiger partial charge in [0.1, 0.15) is 5.75 Å². The van der Waals surface area contributed by atoms with Crippen LogP contribution in [0.25, 0.3) is 55.9 Å². The average Bonchev–Trinajstić information content (AvgIpc) is 3.59. The van der Waals surface area contributed by atoms with E-state index in [9.17, 15) is 18.0 Å². The zero-order valence-corrected chi connectivity index (χ0v) is 24.7. The summed E-state index contributed by atoms with van der Waals surface area (Å²) in [6.45, 7) is 1.51. The van der Waals surface area contributed by atoms with Gasteiger partial charge in [0.2, 0.25) is 0 Å². The lowest BCUT2D eigenvalue weighted by Crippen LogP contribution is -2.06. The molecule has 0 spiro atoms. The molecule has 44 heavy (non-hydrogen) atoms. The Balaban J connectivity index is 1.80. The zero-order valence-electron chi connectivity index (χ0n) is 23.9. The van der Waals surface area contributed by atoms with Gasteiger partial charge in [0.15, 0.2) is 5.78 Å². The SMILES string of the molecule is COc1ccc(-c2nc(-c3ccccc3)c(-c3ccc(C(C)=O)cc3)c(-c3ccsc3)c2-c2cccc(C(F)(F)F)c2)cc1. The summed E-state index contributed by atoms with van der Waals surface area (Å²) in [4.78, 5) is 17.4. The van der Waals surface area contributed by atoms with Crippen molar-refractivity contribution in [1.82, 2.24) is 4.98 Å². The Labute approximate surface area is 257 Å². The van der Waals surface area contributed by atoms with E-state index in [-0.39, 0.29) is 5.78 Å². The summed E-state index contributed by atoms with van der Waals surface area (Å²) in [6, 6.07) is 31.7. The lowest BCUT2D eigenvalue weighted by Gasteiger charge is -2.23. The van der Waals surface area contributed by atoms with Gasteiger partial charge in [0, 0.05) is 33.4 Å². The van der Waals surface area contributed by atoms with Crippen LogP contribution in [0.4, 0.5) is 13.2 Å².